The van der Waals surface area contributed by atoms with Crippen LogP contribution in [0.25, 0.3) is 0 Å². The van der Waals surface area contributed by atoms with Gasteiger partial charge in [0.2, 0.25) is 0 Å². The Morgan fingerprint density at radius 1 is 1.17 bits per heavy atom. The number of sulfone groups is 1. The molecule has 1 aliphatic rings. The van der Waals surface area contributed by atoms with Gasteiger partial charge in [-0.1, -0.05) is 19.1 Å². The van der Waals surface area contributed by atoms with E-state index in [1.54, 1.807) is 18.2 Å². The van der Waals surface area contributed by atoms with Crippen molar-refractivity contribution in [3.63, 3.8) is 0 Å². The molecule has 1 amide bonds. The van der Waals surface area contributed by atoms with Gasteiger partial charge >= 0.3 is 0 Å². The number of amides is 1. The second kappa shape index (κ2) is 8.20. The standard InChI is InChI=1S/C20H23N3O5S/c1-14-9-11-22(12-10-14)17-8-7-15(13-18(17)23(25)26)20(24)21-16-5-3-4-6-19(16)29(2,27)28/h3-8,13-14H,9-12H2,1-2H3,(H,21,24). The van der Waals surface area contributed by atoms with Crippen LogP contribution in [0.5, 0.6) is 0 Å². The van der Waals surface area contributed by atoms with Crippen molar-refractivity contribution >= 4 is 32.8 Å². The zero-order chi connectivity index (χ0) is 21.2. The van der Waals surface area contributed by atoms with Crippen LogP contribution in [-0.2, 0) is 9.84 Å². The van der Waals surface area contributed by atoms with Gasteiger partial charge in [-0.3, -0.25) is 14.9 Å². The SMILES string of the molecule is CC1CCN(c2ccc(C(=O)Nc3ccccc3S(C)(=O)=O)cc2[N+](=O)[O-])CC1. The molecular formula is C20H23N3O5S. The topological polar surface area (TPSA) is 110 Å². The maximum absolute atomic E-state index is 12.7. The number of nitro benzene ring substituents is 1. The van der Waals surface area contributed by atoms with E-state index in [0.717, 1.165) is 32.2 Å². The Bertz CT molecular complexity index is 1040. The van der Waals surface area contributed by atoms with Gasteiger partial charge in [0, 0.05) is 31.0 Å². The lowest BCUT2D eigenvalue weighted by Crippen LogP contribution is -2.33. The summed E-state index contributed by atoms with van der Waals surface area (Å²) in [5, 5.41) is 14.2. The number of carbonyl (C=O) groups excluding carboxylic acids is 1. The van der Waals surface area contributed by atoms with Crippen molar-refractivity contribution in [3.05, 3.63) is 58.1 Å². The van der Waals surface area contributed by atoms with Crippen LogP contribution in [0.3, 0.4) is 0 Å². The molecule has 0 atom stereocenters. The summed E-state index contributed by atoms with van der Waals surface area (Å²) in [4.78, 5) is 25.7. The second-order valence-corrected chi connectivity index (χ2v) is 9.34. The minimum atomic E-state index is -3.54. The molecule has 29 heavy (non-hydrogen) atoms. The third-order valence-corrected chi connectivity index (χ3v) is 6.25. The van der Waals surface area contributed by atoms with Gasteiger partial charge in [-0.25, -0.2) is 8.42 Å². The lowest BCUT2D eigenvalue weighted by atomic mass is 9.98. The molecule has 0 spiro atoms. The highest BCUT2D eigenvalue weighted by atomic mass is 32.2. The Labute approximate surface area is 169 Å². The molecule has 1 N–H and O–H groups in total. The summed E-state index contributed by atoms with van der Waals surface area (Å²) in [5.41, 5.74) is 0.587. The third-order valence-electron chi connectivity index (χ3n) is 5.09. The minimum Gasteiger partial charge on any atom is -0.366 e. The number of hydrogen-bond donors (Lipinski definition) is 1. The van der Waals surface area contributed by atoms with Gasteiger partial charge in [-0.05, 0) is 43.0 Å². The third kappa shape index (κ3) is 4.73. The lowest BCUT2D eigenvalue weighted by molar-refractivity contribution is -0.384. The Kier molecular flexibility index (Phi) is 5.88. The van der Waals surface area contributed by atoms with Crippen LogP contribution < -0.4 is 10.2 Å². The fraction of sp³-hybridized carbons (Fsp3) is 0.350. The Morgan fingerprint density at radius 3 is 2.45 bits per heavy atom. The molecular weight excluding hydrogens is 394 g/mol. The van der Waals surface area contributed by atoms with Crippen LogP contribution in [0.1, 0.15) is 30.1 Å². The molecule has 154 valence electrons. The van der Waals surface area contributed by atoms with E-state index >= 15 is 0 Å². The molecule has 1 fully saturated rings. The number of nitrogens with zero attached hydrogens (tertiary/aromatic N) is 2. The number of nitrogens with one attached hydrogen (secondary N) is 1. The summed E-state index contributed by atoms with van der Waals surface area (Å²) >= 11 is 0. The first kappa shape index (κ1) is 20.8. The summed E-state index contributed by atoms with van der Waals surface area (Å²) < 4.78 is 23.8. The zero-order valence-corrected chi connectivity index (χ0v) is 17.1. The fourth-order valence-corrected chi connectivity index (χ4v) is 4.26. The van der Waals surface area contributed by atoms with Crippen molar-refractivity contribution < 1.29 is 18.1 Å². The molecule has 2 aromatic carbocycles. The van der Waals surface area contributed by atoms with Crippen molar-refractivity contribution in [3.8, 4) is 0 Å². The molecule has 0 unspecified atom stereocenters. The second-order valence-electron chi connectivity index (χ2n) is 7.35. The van der Waals surface area contributed by atoms with Crippen molar-refractivity contribution in [1.29, 1.82) is 0 Å². The molecule has 2 aromatic rings. The Hall–Kier alpha value is -2.94. The summed E-state index contributed by atoms with van der Waals surface area (Å²) in [6.07, 6.45) is 2.97. The Morgan fingerprint density at radius 2 is 1.83 bits per heavy atom. The number of para-hydroxylation sites is 1. The predicted molar refractivity (Wildman–Crippen MR) is 111 cm³/mol. The normalized spacial score (nSPS) is 15.2. The first-order chi connectivity index (χ1) is 13.7. The van der Waals surface area contributed by atoms with E-state index in [9.17, 15) is 23.3 Å². The van der Waals surface area contributed by atoms with Gasteiger partial charge in [0.25, 0.3) is 11.6 Å². The summed E-state index contributed by atoms with van der Waals surface area (Å²) in [7, 11) is -3.54. The molecule has 1 saturated heterocycles. The number of anilines is 2. The molecule has 0 bridgehead atoms. The van der Waals surface area contributed by atoms with Gasteiger partial charge in [0.05, 0.1) is 15.5 Å². The van der Waals surface area contributed by atoms with E-state index in [2.05, 4.69) is 12.2 Å². The first-order valence-electron chi connectivity index (χ1n) is 9.30. The molecule has 0 radical (unpaired) electrons. The van der Waals surface area contributed by atoms with Crippen LogP contribution in [0.2, 0.25) is 0 Å². The summed E-state index contributed by atoms with van der Waals surface area (Å²) in [6, 6.07) is 10.4. The van der Waals surface area contributed by atoms with Gasteiger partial charge in [0.15, 0.2) is 9.84 Å². The highest BCUT2D eigenvalue weighted by molar-refractivity contribution is 7.90. The molecule has 1 heterocycles. The van der Waals surface area contributed by atoms with Crippen molar-refractivity contribution in [2.24, 2.45) is 5.92 Å². The molecule has 0 aliphatic carbocycles. The average molecular weight is 417 g/mol. The van der Waals surface area contributed by atoms with Gasteiger partial charge in [-0.15, -0.1) is 0 Å². The van der Waals surface area contributed by atoms with E-state index in [1.807, 2.05) is 4.90 Å². The van der Waals surface area contributed by atoms with Crippen molar-refractivity contribution in [2.45, 2.75) is 24.7 Å². The molecule has 1 aliphatic heterocycles. The maximum Gasteiger partial charge on any atom is 0.293 e. The molecule has 8 nitrogen and oxygen atoms in total. The zero-order valence-electron chi connectivity index (χ0n) is 16.3. The smallest absolute Gasteiger partial charge is 0.293 e. The fourth-order valence-electron chi connectivity index (χ4n) is 3.42. The predicted octanol–water partition coefficient (Wildman–Crippen LogP) is 3.49. The molecule has 3 rings (SSSR count). The number of rotatable bonds is 5. The van der Waals surface area contributed by atoms with Crippen LogP contribution in [0.15, 0.2) is 47.4 Å². The van der Waals surface area contributed by atoms with E-state index in [1.165, 1.54) is 24.3 Å². The van der Waals surface area contributed by atoms with Crippen LogP contribution in [0.4, 0.5) is 17.1 Å². The largest absolute Gasteiger partial charge is 0.366 e. The molecule has 0 saturated carbocycles. The number of benzene rings is 2. The maximum atomic E-state index is 12.7. The number of hydrogen-bond acceptors (Lipinski definition) is 6. The highest BCUT2D eigenvalue weighted by Gasteiger charge is 2.25. The van der Waals surface area contributed by atoms with Crippen molar-refractivity contribution in [2.75, 3.05) is 29.6 Å². The molecule has 0 aromatic heterocycles. The van der Waals surface area contributed by atoms with Crippen LogP contribution in [-0.4, -0.2) is 38.6 Å². The van der Waals surface area contributed by atoms with Gasteiger partial charge < -0.3 is 10.2 Å². The van der Waals surface area contributed by atoms with Crippen molar-refractivity contribution in [1.82, 2.24) is 0 Å². The van der Waals surface area contributed by atoms with Crippen LogP contribution in [0, 0.1) is 16.0 Å². The first-order valence-corrected chi connectivity index (χ1v) is 11.2. The number of piperidine rings is 1. The minimum absolute atomic E-state index is 0.0121. The summed E-state index contributed by atoms with van der Waals surface area (Å²) in [5.74, 6) is -0.0201. The van der Waals surface area contributed by atoms with Crippen LogP contribution >= 0.6 is 0 Å². The van der Waals surface area contributed by atoms with Gasteiger partial charge in [0.1, 0.15) is 5.69 Å². The lowest BCUT2D eigenvalue weighted by Gasteiger charge is -2.31. The van der Waals surface area contributed by atoms with E-state index in [-0.39, 0.29) is 21.8 Å². The van der Waals surface area contributed by atoms with Gasteiger partial charge in [-0.2, -0.15) is 0 Å². The van der Waals surface area contributed by atoms with E-state index < -0.39 is 20.7 Å². The quantitative estimate of drug-likeness (QED) is 0.589. The highest BCUT2D eigenvalue weighted by Crippen LogP contribution is 2.32. The average Bonchev–Trinajstić information content (AvgIpc) is 2.67. The molecule has 9 heteroatoms. The Balaban J connectivity index is 1.89. The van der Waals surface area contributed by atoms with E-state index in [0.29, 0.717) is 11.6 Å². The monoisotopic (exact) mass is 417 g/mol. The number of carbonyl (C=O) groups is 1. The number of nitro groups is 1. The summed E-state index contributed by atoms with van der Waals surface area (Å²) in [6.45, 7) is 3.62. The van der Waals surface area contributed by atoms with E-state index in [4.69, 9.17) is 0 Å².